The number of aromatic nitrogens is 1. The number of carbonyl (C=O) groups excluding carboxylic acids is 1. The minimum Gasteiger partial charge on any atom is -0.457 e. The van der Waals surface area contributed by atoms with Gasteiger partial charge in [-0.2, -0.15) is 0 Å². The van der Waals surface area contributed by atoms with Crippen LogP contribution in [0.3, 0.4) is 0 Å². The van der Waals surface area contributed by atoms with E-state index < -0.39 is 0 Å². The van der Waals surface area contributed by atoms with Crippen molar-refractivity contribution in [2.75, 3.05) is 13.1 Å². The van der Waals surface area contributed by atoms with Crippen LogP contribution in [0, 0.1) is 5.92 Å². The molecule has 1 amide bonds. The van der Waals surface area contributed by atoms with Crippen molar-refractivity contribution in [1.82, 2.24) is 9.88 Å². The molecule has 0 radical (unpaired) electrons. The molecule has 4 aromatic carbocycles. The van der Waals surface area contributed by atoms with Crippen molar-refractivity contribution in [2.45, 2.75) is 31.6 Å². The summed E-state index contributed by atoms with van der Waals surface area (Å²) in [6.07, 6.45) is 5.70. The smallest absolute Gasteiger partial charge is 0.223 e. The molecule has 4 nitrogen and oxygen atoms in total. The summed E-state index contributed by atoms with van der Waals surface area (Å²) in [6, 6.07) is 37.0. The van der Waals surface area contributed by atoms with Gasteiger partial charge in [0.15, 0.2) is 0 Å². The SMILES string of the molecule is O=C(CC(c1cccc(Oc2ccccc2)c1)c1c[nH]c2ccccc12)N1CCC(Cc2ccccc2)CC1. The predicted molar refractivity (Wildman–Crippen MR) is 157 cm³/mol. The lowest BCUT2D eigenvalue weighted by atomic mass is 9.86. The molecule has 196 valence electrons. The summed E-state index contributed by atoms with van der Waals surface area (Å²) in [6.45, 7) is 1.65. The van der Waals surface area contributed by atoms with Gasteiger partial charge in [0.05, 0.1) is 0 Å². The van der Waals surface area contributed by atoms with Crippen LogP contribution >= 0.6 is 0 Å². The lowest BCUT2D eigenvalue weighted by Crippen LogP contribution is -2.39. The van der Waals surface area contributed by atoms with Crippen LogP contribution in [0.2, 0.25) is 0 Å². The van der Waals surface area contributed by atoms with Crippen molar-refractivity contribution in [2.24, 2.45) is 5.92 Å². The average molecular weight is 515 g/mol. The molecule has 0 saturated carbocycles. The fourth-order valence-corrected chi connectivity index (χ4v) is 5.85. The molecule has 6 rings (SSSR count). The van der Waals surface area contributed by atoms with E-state index >= 15 is 0 Å². The Bertz CT molecular complexity index is 1520. The molecule has 1 atom stereocenters. The van der Waals surface area contributed by atoms with E-state index in [-0.39, 0.29) is 11.8 Å². The maximum atomic E-state index is 13.7. The Morgan fingerprint density at radius 3 is 2.31 bits per heavy atom. The number of hydrogen-bond acceptors (Lipinski definition) is 2. The Morgan fingerprint density at radius 2 is 1.51 bits per heavy atom. The zero-order chi connectivity index (χ0) is 26.4. The van der Waals surface area contributed by atoms with Gasteiger partial charge in [0.2, 0.25) is 5.91 Å². The first-order chi connectivity index (χ1) is 19.2. The maximum absolute atomic E-state index is 13.7. The van der Waals surface area contributed by atoms with Crippen LogP contribution in [0.1, 0.15) is 41.9 Å². The summed E-state index contributed by atoms with van der Waals surface area (Å²) in [5.74, 6) is 2.35. The standard InChI is InChI=1S/C35H34N2O2/c38-35(37-20-18-27(19-21-37)22-26-10-3-1-4-11-26)24-32(33-25-36-34-17-8-7-16-31(33)34)28-12-9-15-30(23-28)39-29-13-5-2-6-14-29/h1-17,23,25,27,32,36H,18-22,24H2. The molecular formula is C35H34N2O2. The molecular weight excluding hydrogens is 480 g/mol. The molecule has 0 aliphatic carbocycles. The molecule has 1 aliphatic rings. The lowest BCUT2D eigenvalue weighted by Gasteiger charge is -2.33. The fourth-order valence-electron chi connectivity index (χ4n) is 5.85. The third kappa shape index (κ3) is 5.91. The summed E-state index contributed by atoms with van der Waals surface area (Å²) in [4.78, 5) is 19.2. The quantitative estimate of drug-likeness (QED) is 0.228. The summed E-state index contributed by atoms with van der Waals surface area (Å²) in [5.41, 5.74) is 4.71. The number of rotatable bonds is 8. The Kier molecular flexibility index (Phi) is 7.44. The molecule has 1 fully saturated rings. The van der Waals surface area contributed by atoms with Gasteiger partial charge in [0.1, 0.15) is 11.5 Å². The van der Waals surface area contributed by atoms with E-state index in [1.807, 2.05) is 48.5 Å². The van der Waals surface area contributed by atoms with Crippen molar-refractivity contribution < 1.29 is 9.53 Å². The third-order valence-corrected chi connectivity index (χ3v) is 7.95. The molecule has 0 spiro atoms. The molecule has 1 aromatic heterocycles. The van der Waals surface area contributed by atoms with Gasteiger partial charge in [-0.25, -0.2) is 0 Å². The second kappa shape index (κ2) is 11.6. The normalized spacial score (nSPS) is 14.8. The van der Waals surface area contributed by atoms with E-state index in [0.717, 1.165) is 65.9 Å². The summed E-state index contributed by atoms with van der Waals surface area (Å²) in [7, 11) is 0. The van der Waals surface area contributed by atoms with Crippen molar-refractivity contribution in [3.63, 3.8) is 0 Å². The van der Waals surface area contributed by atoms with Crippen molar-refractivity contribution in [3.05, 3.63) is 132 Å². The topological polar surface area (TPSA) is 45.3 Å². The third-order valence-electron chi connectivity index (χ3n) is 7.95. The van der Waals surface area contributed by atoms with Gasteiger partial charge in [-0.3, -0.25) is 4.79 Å². The number of benzene rings is 4. The minimum absolute atomic E-state index is 0.0741. The number of hydrogen-bond donors (Lipinski definition) is 1. The number of piperidine rings is 1. The van der Waals surface area contributed by atoms with Crippen LogP contribution in [-0.4, -0.2) is 28.9 Å². The number of amides is 1. The first kappa shape index (κ1) is 25.0. The lowest BCUT2D eigenvalue weighted by molar-refractivity contribution is -0.132. The van der Waals surface area contributed by atoms with Gasteiger partial charge in [0.25, 0.3) is 0 Å². The summed E-state index contributed by atoms with van der Waals surface area (Å²) in [5, 5.41) is 1.16. The fraction of sp³-hybridized carbons (Fsp3) is 0.229. The zero-order valence-corrected chi connectivity index (χ0v) is 22.1. The number of ether oxygens (including phenoxy) is 1. The molecule has 2 heterocycles. The van der Waals surface area contributed by atoms with E-state index in [2.05, 4.69) is 76.7 Å². The van der Waals surface area contributed by atoms with Gasteiger partial charge < -0.3 is 14.6 Å². The highest BCUT2D eigenvalue weighted by atomic mass is 16.5. The second-order valence-corrected chi connectivity index (χ2v) is 10.5. The molecule has 1 aliphatic heterocycles. The molecule has 4 heteroatoms. The second-order valence-electron chi connectivity index (χ2n) is 10.5. The van der Waals surface area contributed by atoms with E-state index in [0.29, 0.717) is 12.3 Å². The number of nitrogens with one attached hydrogen (secondary N) is 1. The maximum Gasteiger partial charge on any atom is 0.223 e. The Morgan fingerprint density at radius 1 is 0.821 bits per heavy atom. The highest BCUT2D eigenvalue weighted by Gasteiger charge is 2.27. The average Bonchev–Trinajstić information content (AvgIpc) is 3.41. The zero-order valence-electron chi connectivity index (χ0n) is 22.1. The number of fused-ring (bicyclic) bond motifs is 1. The Labute approximate surface area is 230 Å². The van der Waals surface area contributed by atoms with Crippen LogP contribution in [0.25, 0.3) is 10.9 Å². The van der Waals surface area contributed by atoms with Gasteiger partial charge >= 0.3 is 0 Å². The van der Waals surface area contributed by atoms with Gasteiger partial charge in [-0.05, 0) is 72.2 Å². The van der Waals surface area contributed by atoms with Crippen LogP contribution in [-0.2, 0) is 11.2 Å². The number of nitrogens with zero attached hydrogens (tertiary/aromatic N) is 1. The molecule has 39 heavy (non-hydrogen) atoms. The number of carbonyl (C=O) groups is 1. The first-order valence-electron chi connectivity index (χ1n) is 13.9. The van der Waals surface area contributed by atoms with Crippen molar-refractivity contribution in [1.29, 1.82) is 0 Å². The molecule has 1 saturated heterocycles. The monoisotopic (exact) mass is 514 g/mol. The van der Waals surface area contributed by atoms with Crippen molar-refractivity contribution in [3.8, 4) is 11.5 Å². The van der Waals surface area contributed by atoms with Crippen LogP contribution < -0.4 is 4.74 Å². The van der Waals surface area contributed by atoms with E-state index in [4.69, 9.17) is 4.74 Å². The number of H-pyrrole nitrogens is 1. The highest BCUT2D eigenvalue weighted by Crippen LogP contribution is 2.36. The Hall–Kier alpha value is -4.31. The first-order valence-corrected chi connectivity index (χ1v) is 13.9. The van der Waals surface area contributed by atoms with Crippen LogP contribution in [0.4, 0.5) is 0 Å². The molecule has 1 N–H and O–H groups in total. The summed E-state index contributed by atoms with van der Waals surface area (Å²) < 4.78 is 6.15. The van der Waals surface area contributed by atoms with Crippen LogP contribution in [0.15, 0.2) is 115 Å². The van der Waals surface area contributed by atoms with Gasteiger partial charge in [-0.1, -0.05) is 78.9 Å². The molecule has 0 bridgehead atoms. The highest BCUT2D eigenvalue weighted by molar-refractivity contribution is 5.86. The summed E-state index contributed by atoms with van der Waals surface area (Å²) >= 11 is 0. The van der Waals surface area contributed by atoms with Crippen LogP contribution in [0.5, 0.6) is 11.5 Å². The Balaban J connectivity index is 1.22. The number of aromatic amines is 1. The molecule has 5 aromatic rings. The van der Waals surface area contributed by atoms with E-state index in [1.165, 1.54) is 5.56 Å². The van der Waals surface area contributed by atoms with Crippen molar-refractivity contribution >= 4 is 16.8 Å². The van der Waals surface area contributed by atoms with Gasteiger partial charge in [0, 0.05) is 42.5 Å². The predicted octanol–water partition coefficient (Wildman–Crippen LogP) is 7.96. The molecule has 1 unspecified atom stereocenters. The van der Waals surface area contributed by atoms with Gasteiger partial charge in [-0.15, -0.1) is 0 Å². The number of likely N-dealkylation sites (tertiary alicyclic amines) is 1. The van der Waals surface area contributed by atoms with E-state index in [9.17, 15) is 4.79 Å². The largest absolute Gasteiger partial charge is 0.457 e. The minimum atomic E-state index is -0.0741. The number of para-hydroxylation sites is 2. The van der Waals surface area contributed by atoms with E-state index in [1.54, 1.807) is 0 Å².